The molecule has 3 rings (SSSR count). The molecule has 1 aliphatic heterocycles. The van der Waals surface area contributed by atoms with Crippen LogP contribution < -0.4 is 5.32 Å². The van der Waals surface area contributed by atoms with Gasteiger partial charge in [0, 0.05) is 29.1 Å². The second-order valence-electron chi connectivity index (χ2n) is 5.27. The highest BCUT2D eigenvalue weighted by Crippen LogP contribution is 2.35. The molecule has 98 valence electrons. The first kappa shape index (κ1) is 12.3. The quantitative estimate of drug-likeness (QED) is 0.856. The summed E-state index contributed by atoms with van der Waals surface area (Å²) in [7, 11) is 0. The van der Waals surface area contributed by atoms with Crippen molar-refractivity contribution >= 4 is 16.7 Å². The number of fused-ring (bicyclic) bond motifs is 1. The van der Waals surface area contributed by atoms with E-state index < -0.39 is 0 Å². The predicted octanol–water partition coefficient (Wildman–Crippen LogP) is 2.81. The summed E-state index contributed by atoms with van der Waals surface area (Å²) in [6.07, 6.45) is 3.58. The summed E-state index contributed by atoms with van der Waals surface area (Å²) in [6.45, 7) is 3.83. The predicted molar refractivity (Wildman–Crippen MR) is 76.3 cm³/mol. The fourth-order valence-corrected chi connectivity index (χ4v) is 2.99. The van der Waals surface area contributed by atoms with Gasteiger partial charge in [0.15, 0.2) is 5.78 Å². The van der Waals surface area contributed by atoms with Crippen molar-refractivity contribution in [1.29, 1.82) is 0 Å². The van der Waals surface area contributed by atoms with Gasteiger partial charge in [0.25, 0.3) is 0 Å². The number of hydrogen-bond donors (Lipinski definition) is 1. The van der Waals surface area contributed by atoms with Crippen LogP contribution in [-0.4, -0.2) is 23.9 Å². The largest absolute Gasteiger partial charge is 0.316 e. The molecule has 2 heterocycles. The van der Waals surface area contributed by atoms with Crippen LogP contribution in [0.2, 0.25) is 0 Å². The zero-order valence-corrected chi connectivity index (χ0v) is 11.1. The lowest BCUT2D eigenvalue weighted by Crippen LogP contribution is -2.33. The average Bonchev–Trinajstić information content (AvgIpc) is 2.96. The molecule has 3 heteroatoms. The molecule has 0 saturated carbocycles. The number of benzene rings is 1. The van der Waals surface area contributed by atoms with Crippen LogP contribution in [-0.2, 0) is 0 Å². The molecule has 1 aromatic carbocycles. The molecule has 1 N–H and O–H groups in total. The van der Waals surface area contributed by atoms with Crippen LogP contribution in [0.15, 0.2) is 36.5 Å². The number of rotatable bonds is 3. The Bertz CT molecular complexity index is 610. The van der Waals surface area contributed by atoms with Crippen molar-refractivity contribution in [2.45, 2.75) is 19.8 Å². The Hall–Kier alpha value is -1.74. The molecule has 1 atom stereocenters. The second kappa shape index (κ2) is 4.74. The van der Waals surface area contributed by atoms with Crippen LogP contribution >= 0.6 is 0 Å². The third-order valence-electron chi connectivity index (χ3n) is 4.29. The topological polar surface area (TPSA) is 42.0 Å². The summed E-state index contributed by atoms with van der Waals surface area (Å²) >= 11 is 0. The smallest absolute Gasteiger partial charge is 0.170 e. The number of nitrogens with zero attached hydrogens (tertiary/aromatic N) is 1. The van der Waals surface area contributed by atoms with Gasteiger partial charge in [0.1, 0.15) is 0 Å². The van der Waals surface area contributed by atoms with Gasteiger partial charge in [-0.2, -0.15) is 0 Å². The molecule has 1 saturated heterocycles. The van der Waals surface area contributed by atoms with Crippen molar-refractivity contribution in [1.82, 2.24) is 10.3 Å². The SMILES string of the molecule is CCC1(C(=O)c2cccc3ncccc23)CCNC1. The van der Waals surface area contributed by atoms with Crippen LogP contribution in [0.25, 0.3) is 10.9 Å². The summed E-state index contributed by atoms with van der Waals surface area (Å²) in [5, 5.41) is 4.29. The maximum atomic E-state index is 12.9. The molecular formula is C16H18N2O. The highest BCUT2D eigenvalue weighted by atomic mass is 16.1. The van der Waals surface area contributed by atoms with Crippen LogP contribution in [0.3, 0.4) is 0 Å². The van der Waals surface area contributed by atoms with E-state index >= 15 is 0 Å². The van der Waals surface area contributed by atoms with E-state index in [1.165, 1.54) is 0 Å². The fraction of sp³-hybridized carbons (Fsp3) is 0.375. The lowest BCUT2D eigenvalue weighted by molar-refractivity contribution is 0.0812. The molecule has 0 spiro atoms. The molecule has 0 radical (unpaired) electrons. The summed E-state index contributed by atoms with van der Waals surface area (Å²) in [5.74, 6) is 0.263. The molecule has 1 aliphatic rings. The Balaban J connectivity index is 2.11. The van der Waals surface area contributed by atoms with Gasteiger partial charge in [-0.3, -0.25) is 9.78 Å². The minimum atomic E-state index is -0.232. The number of carbonyl (C=O) groups is 1. The molecule has 0 bridgehead atoms. The van der Waals surface area contributed by atoms with Crippen molar-refractivity contribution in [3.8, 4) is 0 Å². The van der Waals surface area contributed by atoms with E-state index in [0.717, 1.165) is 42.4 Å². The van der Waals surface area contributed by atoms with Gasteiger partial charge < -0.3 is 5.32 Å². The highest BCUT2D eigenvalue weighted by molar-refractivity contribution is 6.10. The molecule has 3 nitrogen and oxygen atoms in total. The number of aromatic nitrogens is 1. The van der Waals surface area contributed by atoms with E-state index in [4.69, 9.17) is 0 Å². The number of pyridine rings is 1. The molecule has 1 unspecified atom stereocenters. The monoisotopic (exact) mass is 254 g/mol. The minimum absolute atomic E-state index is 0.232. The molecule has 1 aromatic heterocycles. The Labute approximate surface area is 113 Å². The summed E-state index contributed by atoms with van der Waals surface area (Å²) in [4.78, 5) is 17.3. The highest BCUT2D eigenvalue weighted by Gasteiger charge is 2.40. The lowest BCUT2D eigenvalue weighted by atomic mass is 9.76. The first-order valence-electron chi connectivity index (χ1n) is 6.86. The van der Waals surface area contributed by atoms with Crippen molar-refractivity contribution in [3.05, 3.63) is 42.1 Å². The third kappa shape index (κ3) is 1.94. The fourth-order valence-electron chi connectivity index (χ4n) is 2.99. The standard InChI is InChI=1S/C16H18N2O/c1-2-16(8-10-17-11-16)15(19)13-5-3-7-14-12(13)6-4-9-18-14/h3-7,9,17H,2,8,10-11H2,1H3. The van der Waals surface area contributed by atoms with Gasteiger partial charge >= 0.3 is 0 Å². The zero-order valence-electron chi connectivity index (χ0n) is 11.1. The molecule has 0 amide bonds. The van der Waals surface area contributed by atoms with E-state index in [1.54, 1.807) is 6.20 Å². The first-order valence-corrected chi connectivity index (χ1v) is 6.86. The first-order chi connectivity index (χ1) is 9.27. The molecule has 1 fully saturated rings. The van der Waals surface area contributed by atoms with Crippen molar-refractivity contribution in [2.75, 3.05) is 13.1 Å². The van der Waals surface area contributed by atoms with Gasteiger partial charge in [-0.1, -0.05) is 25.1 Å². The molecule has 2 aromatic rings. The minimum Gasteiger partial charge on any atom is -0.316 e. The van der Waals surface area contributed by atoms with Crippen molar-refractivity contribution < 1.29 is 4.79 Å². The summed E-state index contributed by atoms with van der Waals surface area (Å²) in [5.41, 5.74) is 1.48. The Kier molecular flexibility index (Phi) is 3.07. The number of hydrogen-bond acceptors (Lipinski definition) is 3. The van der Waals surface area contributed by atoms with Crippen molar-refractivity contribution in [3.63, 3.8) is 0 Å². The molecule has 19 heavy (non-hydrogen) atoms. The maximum Gasteiger partial charge on any atom is 0.170 e. The number of nitrogens with one attached hydrogen (secondary N) is 1. The van der Waals surface area contributed by atoms with E-state index in [0.29, 0.717) is 0 Å². The number of Topliss-reactive ketones (excluding diaryl/α,β-unsaturated/α-hetero) is 1. The zero-order chi connectivity index (χ0) is 13.3. The number of carbonyl (C=O) groups excluding carboxylic acids is 1. The number of ketones is 1. The normalized spacial score (nSPS) is 22.8. The van der Waals surface area contributed by atoms with E-state index in [2.05, 4.69) is 17.2 Å². The van der Waals surface area contributed by atoms with Gasteiger partial charge in [0.05, 0.1) is 5.52 Å². The van der Waals surface area contributed by atoms with E-state index in [9.17, 15) is 4.79 Å². The summed E-state index contributed by atoms with van der Waals surface area (Å²) in [6, 6.07) is 9.69. The lowest BCUT2D eigenvalue weighted by Gasteiger charge is -2.25. The average molecular weight is 254 g/mol. The Morgan fingerprint density at radius 3 is 3.00 bits per heavy atom. The van der Waals surface area contributed by atoms with Crippen LogP contribution in [0, 0.1) is 5.41 Å². The Morgan fingerprint density at radius 1 is 1.37 bits per heavy atom. The van der Waals surface area contributed by atoms with Crippen LogP contribution in [0.4, 0.5) is 0 Å². The Morgan fingerprint density at radius 2 is 2.26 bits per heavy atom. The van der Waals surface area contributed by atoms with E-state index in [1.807, 2.05) is 30.3 Å². The molecule has 0 aliphatic carbocycles. The second-order valence-corrected chi connectivity index (χ2v) is 5.27. The summed E-state index contributed by atoms with van der Waals surface area (Å²) < 4.78 is 0. The molecular weight excluding hydrogens is 236 g/mol. The third-order valence-corrected chi connectivity index (χ3v) is 4.29. The van der Waals surface area contributed by atoms with Gasteiger partial charge in [0.2, 0.25) is 0 Å². The van der Waals surface area contributed by atoms with Crippen LogP contribution in [0.1, 0.15) is 30.1 Å². The van der Waals surface area contributed by atoms with Crippen LogP contribution in [0.5, 0.6) is 0 Å². The van der Waals surface area contributed by atoms with Gasteiger partial charge in [-0.25, -0.2) is 0 Å². The maximum absolute atomic E-state index is 12.9. The van der Waals surface area contributed by atoms with Crippen molar-refractivity contribution in [2.24, 2.45) is 5.41 Å². The van der Waals surface area contributed by atoms with Gasteiger partial charge in [-0.15, -0.1) is 0 Å². The van der Waals surface area contributed by atoms with E-state index in [-0.39, 0.29) is 11.2 Å². The van der Waals surface area contributed by atoms with Gasteiger partial charge in [-0.05, 0) is 31.5 Å².